The predicted octanol–water partition coefficient (Wildman–Crippen LogP) is -0.663. The summed E-state index contributed by atoms with van der Waals surface area (Å²) in [6.07, 6.45) is -0.493. The van der Waals surface area contributed by atoms with E-state index < -0.39 is 29.7 Å². The Kier molecular flexibility index (Phi) is 6.50. The molecule has 0 radical (unpaired) electrons. The minimum atomic E-state index is -2.71. The van der Waals surface area contributed by atoms with E-state index in [9.17, 15) is 14.4 Å². The van der Waals surface area contributed by atoms with Crippen LogP contribution in [0.5, 0.6) is 0 Å². The number of rotatable bonds is 4. The molecule has 0 spiro atoms. The second-order valence-corrected chi connectivity index (χ2v) is 2.28. The normalized spacial score (nSPS) is 9.40. The van der Waals surface area contributed by atoms with Crippen molar-refractivity contribution < 1.29 is 39.6 Å². The van der Waals surface area contributed by atoms with Crippen molar-refractivity contribution in [3.8, 4) is 0 Å². The van der Waals surface area contributed by atoms with Crippen LogP contribution in [0.3, 0.4) is 0 Å². The maximum absolute atomic E-state index is 10.4. The van der Waals surface area contributed by atoms with Gasteiger partial charge in [-0.15, -0.1) is 0 Å². The summed E-state index contributed by atoms with van der Waals surface area (Å²) in [6.45, 7) is 0.941. The van der Waals surface area contributed by atoms with Gasteiger partial charge < -0.3 is 20.4 Å². The molecule has 86 valence electrons. The fourth-order valence-corrected chi connectivity index (χ4v) is 0.728. The summed E-state index contributed by atoms with van der Waals surface area (Å²) in [4.78, 5) is 39.5. The molecule has 0 aliphatic carbocycles. The summed E-state index contributed by atoms with van der Waals surface area (Å²) in [5.41, 5.74) is -2.71. The average Bonchev–Trinajstić information content (AvgIpc) is 2.04. The highest BCUT2D eigenvalue weighted by atomic mass is 16.4. The summed E-state index contributed by atoms with van der Waals surface area (Å²) in [6, 6.07) is 0. The molecule has 0 saturated carbocycles. The van der Waals surface area contributed by atoms with Crippen LogP contribution in [0.4, 0.5) is 0 Å². The lowest BCUT2D eigenvalue weighted by atomic mass is 9.85. The Bertz CT molecular complexity index is 232. The van der Waals surface area contributed by atoms with Gasteiger partial charge in [0, 0.05) is 0 Å². The summed E-state index contributed by atoms with van der Waals surface area (Å²) < 4.78 is 0. The number of carboxylic acid groups (broad SMARTS) is 4. The molecule has 0 fully saturated rings. The van der Waals surface area contributed by atoms with Crippen molar-refractivity contribution in [1.82, 2.24) is 0 Å². The molecule has 8 heteroatoms. The first-order valence-electron chi connectivity index (χ1n) is 3.59. The van der Waals surface area contributed by atoms with Crippen LogP contribution in [0, 0.1) is 5.41 Å². The first-order chi connectivity index (χ1) is 6.81. The molecule has 0 heterocycles. The lowest BCUT2D eigenvalue weighted by Crippen LogP contribution is -2.45. The molecule has 15 heavy (non-hydrogen) atoms. The molecular formula is C7H10O8. The Balaban J connectivity index is 0. The molecule has 0 aromatic carbocycles. The van der Waals surface area contributed by atoms with E-state index in [1.165, 1.54) is 6.92 Å². The molecule has 4 N–H and O–H groups in total. The molecule has 0 aromatic heterocycles. The number of aliphatic carboxylic acids is 3. The van der Waals surface area contributed by atoms with Gasteiger partial charge in [-0.2, -0.15) is 0 Å². The standard InChI is InChI=1S/C6H8O6.CH2O2/c1-2-6(3(7)8,4(9)10)5(11)12;2-1-3/h2H2,1H3,(H,7,8)(H,9,10)(H,11,12);1H,(H,2,3). The number of hydrogen-bond donors (Lipinski definition) is 4. The minimum Gasteiger partial charge on any atom is -0.483 e. The van der Waals surface area contributed by atoms with Crippen molar-refractivity contribution >= 4 is 24.4 Å². The Labute approximate surface area is 83.8 Å². The summed E-state index contributed by atoms with van der Waals surface area (Å²) in [7, 11) is 0. The van der Waals surface area contributed by atoms with Gasteiger partial charge in [0.1, 0.15) is 0 Å². The van der Waals surface area contributed by atoms with Crippen LogP contribution in [0.1, 0.15) is 13.3 Å². The molecule has 0 rings (SSSR count). The molecule has 0 aliphatic heterocycles. The van der Waals surface area contributed by atoms with Gasteiger partial charge in [0.15, 0.2) is 0 Å². The van der Waals surface area contributed by atoms with Crippen molar-refractivity contribution in [2.45, 2.75) is 13.3 Å². The van der Waals surface area contributed by atoms with Crippen LogP contribution in [0.25, 0.3) is 0 Å². The van der Waals surface area contributed by atoms with Gasteiger partial charge >= 0.3 is 17.9 Å². The van der Waals surface area contributed by atoms with Crippen LogP contribution >= 0.6 is 0 Å². The van der Waals surface area contributed by atoms with Crippen LogP contribution < -0.4 is 0 Å². The summed E-state index contributed by atoms with van der Waals surface area (Å²) in [5, 5.41) is 32.1. The van der Waals surface area contributed by atoms with E-state index in [-0.39, 0.29) is 6.47 Å². The number of hydrogen-bond acceptors (Lipinski definition) is 4. The van der Waals surface area contributed by atoms with E-state index >= 15 is 0 Å². The van der Waals surface area contributed by atoms with Gasteiger partial charge in [-0.3, -0.25) is 19.2 Å². The second-order valence-electron chi connectivity index (χ2n) is 2.28. The minimum absolute atomic E-state index is 0.250. The van der Waals surface area contributed by atoms with E-state index in [1.54, 1.807) is 0 Å². The third kappa shape index (κ3) is 3.25. The molecule has 0 unspecified atom stereocenters. The van der Waals surface area contributed by atoms with Gasteiger partial charge in [-0.05, 0) is 6.42 Å². The van der Waals surface area contributed by atoms with Crippen LogP contribution in [0.15, 0.2) is 0 Å². The lowest BCUT2D eigenvalue weighted by molar-refractivity contribution is -0.175. The average molecular weight is 222 g/mol. The third-order valence-electron chi connectivity index (χ3n) is 1.63. The molecule has 0 aliphatic rings. The van der Waals surface area contributed by atoms with Crippen molar-refractivity contribution in [1.29, 1.82) is 0 Å². The predicted molar refractivity (Wildman–Crippen MR) is 44.3 cm³/mol. The highest BCUT2D eigenvalue weighted by molar-refractivity contribution is 6.16. The summed E-state index contributed by atoms with van der Waals surface area (Å²) in [5.74, 6) is -5.57. The monoisotopic (exact) mass is 222 g/mol. The number of carboxylic acids is 3. The fraction of sp³-hybridized carbons (Fsp3) is 0.429. The maximum Gasteiger partial charge on any atom is 0.332 e. The highest BCUT2D eigenvalue weighted by Crippen LogP contribution is 2.22. The van der Waals surface area contributed by atoms with Gasteiger partial charge in [0.25, 0.3) is 11.9 Å². The zero-order valence-corrected chi connectivity index (χ0v) is 7.71. The molecule has 0 amide bonds. The lowest BCUT2D eigenvalue weighted by Gasteiger charge is -2.16. The van der Waals surface area contributed by atoms with Crippen LogP contribution in [-0.4, -0.2) is 44.8 Å². The van der Waals surface area contributed by atoms with Gasteiger partial charge in [-0.25, -0.2) is 0 Å². The number of carbonyl (C=O) groups is 4. The van der Waals surface area contributed by atoms with E-state index in [1.807, 2.05) is 0 Å². The smallest absolute Gasteiger partial charge is 0.332 e. The van der Waals surface area contributed by atoms with Crippen molar-refractivity contribution in [3.63, 3.8) is 0 Å². The molecule has 0 atom stereocenters. The highest BCUT2D eigenvalue weighted by Gasteiger charge is 2.52. The van der Waals surface area contributed by atoms with Gasteiger partial charge in [-0.1, -0.05) is 6.92 Å². The quantitative estimate of drug-likeness (QED) is 0.361. The first-order valence-corrected chi connectivity index (χ1v) is 3.59. The van der Waals surface area contributed by atoms with E-state index in [0.29, 0.717) is 0 Å². The Morgan fingerprint density at radius 2 is 1.27 bits per heavy atom. The Hall–Kier alpha value is -2.12. The van der Waals surface area contributed by atoms with E-state index in [0.717, 1.165) is 0 Å². The van der Waals surface area contributed by atoms with Crippen molar-refractivity contribution in [3.05, 3.63) is 0 Å². The fourth-order valence-electron chi connectivity index (χ4n) is 0.728. The van der Waals surface area contributed by atoms with Crippen molar-refractivity contribution in [2.24, 2.45) is 5.41 Å². The molecule has 8 nitrogen and oxygen atoms in total. The van der Waals surface area contributed by atoms with E-state index in [4.69, 9.17) is 25.2 Å². The van der Waals surface area contributed by atoms with E-state index in [2.05, 4.69) is 0 Å². The summed E-state index contributed by atoms with van der Waals surface area (Å²) >= 11 is 0. The third-order valence-corrected chi connectivity index (χ3v) is 1.63. The SMILES string of the molecule is CCC(C(=O)O)(C(=O)O)C(=O)O.O=CO. The molecule has 0 saturated heterocycles. The second kappa shape index (κ2) is 6.35. The Morgan fingerprint density at radius 3 is 1.27 bits per heavy atom. The van der Waals surface area contributed by atoms with Gasteiger partial charge in [0.2, 0.25) is 0 Å². The molecule has 0 aromatic rings. The largest absolute Gasteiger partial charge is 0.483 e. The zero-order chi connectivity index (χ0) is 12.6. The Morgan fingerprint density at radius 1 is 1.07 bits per heavy atom. The zero-order valence-electron chi connectivity index (χ0n) is 7.71. The molecular weight excluding hydrogens is 212 g/mol. The topological polar surface area (TPSA) is 149 Å². The van der Waals surface area contributed by atoms with Crippen LogP contribution in [0.2, 0.25) is 0 Å². The molecule has 0 bridgehead atoms. The van der Waals surface area contributed by atoms with Gasteiger partial charge in [0.05, 0.1) is 0 Å². The van der Waals surface area contributed by atoms with Crippen LogP contribution in [-0.2, 0) is 19.2 Å². The maximum atomic E-state index is 10.4. The van der Waals surface area contributed by atoms with Crippen molar-refractivity contribution in [2.75, 3.05) is 0 Å². The first kappa shape index (κ1) is 15.4.